The second kappa shape index (κ2) is 5.32. The summed E-state index contributed by atoms with van der Waals surface area (Å²) in [5.41, 5.74) is 0.891. The average Bonchev–Trinajstić information content (AvgIpc) is 2.44. The Hall–Kier alpha value is -2.37. The maximum absolute atomic E-state index is 13.9. The van der Waals surface area contributed by atoms with Crippen LogP contribution >= 0.6 is 0 Å². The molecule has 0 aromatic heterocycles. The molecule has 0 bridgehead atoms. The van der Waals surface area contributed by atoms with Crippen LogP contribution < -0.4 is 5.32 Å². The Morgan fingerprint density at radius 1 is 1.40 bits per heavy atom. The van der Waals surface area contributed by atoms with Gasteiger partial charge in [-0.1, -0.05) is 18.2 Å². The Bertz CT molecular complexity index is 598. The van der Waals surface area contributed by atoms with Crippen LogP contribution in [0, 0.1) is 5.82 Å². The summed E-state index contributed by atoms with van der Waals surface area (Å²) in [5.74, 6) is -1.08. The van der Waals surface area contributed by atoms with E-state index in [4.69, 9.17) is 4.74 Å². The number of esters is 1. The zero-order valence-electron chi connectivity index (χ0n) is 11.4. The van der Waals surface area contributed by atoms with Crippen molar-refractivity contribution in [1.29, 1.82) is 0 Å². The van der Waals surface area contributed by atoms with Crippen LogP contribution in [0.25, 0.3) is 0 Å². The monoisotopic (exact) mass is 278 g/mol. The first-order valence-electron chi connectivity index (χ1n) is 6.05. The fourth-order valence-corrected chi connectivity index (χ4v) is 2.15. The highest BCUT2D eigenvalue weighted by Gasteiger charge is 2.35. The summed E-state index contributed by atoms with van der Waals surface area (Å²) in [6, 6.07) is 4.75. The van der Waals surface area contributed by atoms with Gasteiger partial charge in [0.2, 0.25) is 0 Å². The third-order valence-electron chi connectivity index (χ3n) is 3.38. The van der Waals surface area contributed by atoms with E-state index in [9.17, 15) is 14.0 Å². The van der Waals surface area contributed by atoms with E-state index >= 15 is 0 Å². The number of rotatable bonds is 2. The lowest BCUT2D eigenvalue weighted by atomic mass is 9.94. The van der Waals surface area contributed by atoms with E-state index in [1.54, 1.807) is 19.1 Å². The third-order valence-corrected chi connectivity index (χ3v) is 3.38. The number of nitrogens with zero attached hydrogens (tertiary/aromatic N) is 1. The van der Waals surface area contributed by atoms with Gasteiger partial charge in [-0.05, 0) is 13.0 Å². The summed E-state index contributed by atoms with van der Waals surface area (Å²) in [5, 5.41) is 2.61. The van der Waals surface area contributed by atoms with E-state index < -0.39 is 23.9 Å². The first-order valence-corrected chi connectivity index (χ1v) is 6.05. The summed E-state index contributed by atoms with van der Waals surface area (Å²) >= 11 is 0. The van der Waals surface area contributed by atoms with Gasteiger partial charge in [-0.25, -0.2) is 14.0 Å². The number of urea groups is 1. The predicted molar refractivity (Wildman–Crippen MR) is 70.2 cm³/mol. The third kappa shape index (κ3) is 2.24. The lowest BCUT2D eigenvalue weighted by Gasteiger charge is -2.33. The minimum absolute atomic E-state index is 0.222. The summed E-state index contributed by atoms with van der Waals surface area (Å²) in [7, 11) is 2.78. The fourth-order valence-electron chi connectivity index (χ4n) is 2.15. The van der Waals surface area contributed by atoms with Gasteiger partial charge < -0.3 is 15.0 Å². The Balaban J connectivity index is 2.58. The minimum atomic E-state index is -0.854. The smallest absolute Gasteiger partial charge is 0.337 e. The average molecular weight is 278 g/mol. The molecule has 5 nitrogen and oxygen atoms in total. The molecule has 1 heterocycles. The number of halogens is 1. The van der Waals surface area contributed by atoms with Gasteiger partial charge in [0, 0.05) is 18.3 Å². The number of carbonyl (C=O) groups is 2. The molecular formula is C14H15FN2O3. The second-order valence-corrected chi connectivity index (χ2v) is 4.45. The molecule has 1 atom stereocenters. The predicted octanol–water partition coefficient (Wildman–Crippen LogP) is 1.97. The van der Waals surface area contributed by atoms with E-state index in [0.29, 0.717) is 5.70 Å². The zero-order chi connectivity index (χ0) is 14.9. The summed E-state index contributed by atoms with van der Waals surface area (Å²) in [6.07, 6.45) is 0. The van der Waals surface area contributed by atoms with Gasteiger partial charge in [-0.2, -0.15) is 0 Å². The van der Waals surface area contributed by atoms with Crippen molar-refractivity contribution in [3.8, 4) is 0 Å². The first kappa shape index (κ1) is 14.0. The van der Waals surface area contributed by atoms with Crippen molar-refractivity contribution in [2.24, 2.45) is 0 Å². The molecule has 1 aromatic rings. The molecule has 0 fully saturated rings. The van der Waals surface area contributed by atoms with Crippen LogP contribution in [0.3, 0.4) is 0 Å². The molecule has 1 N–H and O–H groups in total. The first-order chi connectivity index (χ1) is 9.47. The second-order valence-electron chi connectivity index (χ2n) is 4.45. The quantitative estimate of drug-likeness (QED) is 0.841. The van der Waals surface area contributed by atoms with Crippen molar-refractivity contribution in [1.82, 2.24) is 10.2 Å². The largest absolute Gasteiger partial charge is 0.466 e. The number of methoxy groups -OCH3 is 1. The summed E-state index contributed by atoms with van der Waals surface area (Å²) in [6.45, 7) is 1.62. The van der Waals surface area contributed by atoms with Crippen LogP contribution in [0.2, 0.25) is 0 Å². The van der Waals surface area contributed by atoms with Crippen LogP contribution in [0.5, 0.6) is 0 Å². The molecule has 2 rings (SSSR count). The Kier molecular flexibility index (Phi) is 3.74. The molecule has 20 heavy (non-hydrogen) atoms. The topological polar surface area (TPSA) is 58.6 Å². The lowest BCUT2D eigenvalue weighted by molar-refractivity contribution is -0.136. The molecule has 6 heteroatoms. The normalized spacial score (nSPS) is 18.9. The molecule has 0 spiro atoms. The van der Waals surface area contributed by atoms with Crippen molar-refractivity contribution < 1.29 is 18.7 Å². The number of ether oxygens (including phenoxy) is 1. The standard InChI is InChI=1S/C14H15FN2O3/c1-8-11(13(18)20-3)12(16-14(19)17(8)2)9-6-4-5-7-10(9)15/h4-7,12H,1-3H3,(H,16,19)/t12-/m0/s1. The molecule has 0 radical (unpaired) electrons. The van der Waals surface area contributed by atoms with E-state index in [1.807, 2.05) is 0 Å². The van der Waals surface area contributed by atoms with Crippen molar-refractivity contribution in [3.63, 3.8) is 0 Å². The number of nitrogens with one attached hydrogen (secondary N) is 1. The molecular weight excluding hydrogens is 263 g/mol. The molecule has 1 aromatic carbocycles. The van der Waals surface area contributed by atoms with Crippen LogP contribution in [0.1, 0.15) is 18.5 Å². The molecule has 0 saturated heterocycles. The number of benzene rings is 1. The van der Waals surface area contributed by atoms with Crippen molar-refractivity contribution in [3.05, 3.63) is 46.9 Å². The summed E-state index contributed by atoms with van der Waals surface area (Å²) < 4.78 is 18.7. The Morgan fingerprint density at radius 2 is 2.05 bits per heavy atom. The van der Waals surface area contributed by atoms with E-state index in [-0.39, 0.29) is 11.1 Å². The van der Waals surface area contributed by atoms with Crippen LogP contribution in [0.15, 0.2) is 35.5 Å². The van der Waals surface area contributed by atoms with E-state index in [2.05, 4.69) is 5.32 Å². The minimum Gasteiger partial charge on any atom is -0.466 e. The highest BCUT2D eigenvalue weighted by molar-refractivity contribution is 5.94. The van der Waals surface area contributed by atoms with Crippen LogP contribution in [-0.2, 0) is 9.53 Å². The van der Waals surface area contributed by atoms with Crippen LogP contribution in [-0.4, -0.2) is 31.1 Å². The number of hydrogen-bond acceptors (Lipinski definition) is 3. The van der Waals surface area contributed by atoms with Gasteiger partial charge in [0.05, 0.1) is 18.7 Å². The van der Waals surface area contributed by atoms with Gasteiger partial charge in [0.15, 0.2) is 0 Å². The number of carbonyl (C=O) groups excluding carboxylic acids is 2. The van der Waals surface area contributed by atoms with Gasteiger partial charge in [0.25, 0.3) is 0 Å². The molecule has 1 aliphatic heterocycles. The highest BCUT2D eigenvalue weighted by atomic mass is 19.1. The highest BCUT2D eigenvalue weighted by Crippen LogP contribution is 2.31. The van der Waals surface area contributed by atoms with E-state index in [0.717, 1.165) is 0 Å². The Morgan fingerprint density at radius 3 is 2.65 bits per heavy atom. The summed E-state index contributed by atoms with van der Waals surface area (Å²) in [4.78, 5) is 25.1. The number of hydrogen-bond donors (Lipinski definition) is 1. The van der Waals surface area contributed by atoms with Gasteiger partial charge >= 0.3 is 12.0 Å². The van der Waals surface area contributed by atoms with Crippen molar-refractivity contribution >= 4 is 12.0 Å². The lowest BCUT2D eigenvalue weighted by Crippen LogP contribution is -2.46. The van der Waals surface area contributed by atoms with E-state index in [1.165, 1.54) is 31.2 Å². The SMILES string of the molecule is COC(=O)C1=C(C)N(C)C(=O)N[C@H]1c1ccccc1F. The molecule has 106 valence electrons. The number of allylic oxidation sites excluding steroid dienone is 1. The fraction of sp³-hybridized carbons (Fsp3) is 0.286. The Labute approximate surface area is 116 Å². The maximum Gasteiger partial charge on any atom is 0.337 e. The number of amides is 2. The molecule has 1 aliphatic rings. The molecule has 0 saturated carbocycles. The van der Waals surface area contributed by atoms with Gasteiger partial charge in [-0.3, -0.25) is 0 Å². The zero-order valence-corrected chi connectivity index (χ0v) is 11.4. The molecule has 0 aliphatic carbocycles. The van der Waals surface area contributed by atoms with Gasteiger partial charge in [-0.15, -0.1) is 0 Å². The molecule has 0 unspecified atom stereocenters. The van der Waals surface area contributed by atoms with Crippen LogP contribution in [0.4, 0.5) is 9.18 Å². The van der Waals surface area contributed by atoms with Gasteiger partial charge in [0.1, 0.15) is 5.82 Å². The maximum atomic E-state index is 13.9. The van der Waals surface area contributed by atoms with Crippen molar-refractivity contribution in [2.75, 3.05) is 14.2 Å². The molecule has 2 amide bonds. The van der Waals surface area contributed by atoms with Crippen molar-refractivity contribution in [2.45, 2.75) is 13.0 Å².